The zero-order chi connectivity index (χ0) is 8.27. The van der Waals surface area contributed by atoms with E-state index in [4.69, 9.17) is 11.6 Å². The minimum absolute atomic E-state index is 0.347. The lowest BCUT2D eigenvalue weighted by Gasteiger charge is -2.13. The van der Waals surface area contributed by atoms with Crippen LogP contribution < -0.4 is 0 Å². The maximum Gasteiger partial charge on any atom is 0.0396 e. The molecule has 0 saturated carbocycles. The largest absolute Gasteiger partial charge is 0.122 e. The summed E-state index contributed by atoms with van der Waals surface area (Å²) in [4.78, 5) is 0. The second-order valence-corrected chi connectivity index (χ2v) is 4.28. The summed E-state index contributed by atoms with van der Waals surface area (Å²) in [6, 6.07) is 0. The van der Waals surface area contributed by atoms with Gasteiger partial charge in [-0.05, 0) is 31.6 Å². The van der Waals surface area contributed by atoms with Crippen LogP contribution >= 0.6 is 11.6 Å². The average Bonchev–Trinajstić information content (AvgIpc) is 2.39. The highest BCUT2D eigenvalue weighted by molar-refractivity contribution is 6.20. The van der Waals surface area contributed by atoms with Crippen molar-refractivity contribution < 1.29 is 0 Å². The summed E-state index contributed by atoms with van der Waals surface area (Å²) in [5.74, 6) is 0.609. The average molecular weight is 173 g/mol. The van der Waals surface area contributed by atoms with Crippen LogP contribution in [0.15, 0.2) is 11.6 Å². The SMILES string of the molecule is CC(C)C(Cl)CC1=CCCC1. The third-order valence-corrected chi connectivity index (χ3v) is 2.97. The minimum atomic E-state index is 0.347. The molecule has 0 aromatic carbocycles. The summed E-state index contributed by atoms with van der Waals surface area (Å²) in [5, 5.41) is 0.347. The zero-order valence-electron chi connectivity index (χ0n) is 7.44. The van der Waals surface area contributed by atoms with E-state index in [0.717, 1.165) is 6.42 Å². The van der Waals surface area contributed by atoms with Crippen molar-refractivity contribution >= 4 is 11.6 Å². The molecule has 0 saturated heterocycles. The quantitative estimate of drug-likeness (QED) is 0.449. The lowest BCUT2D eigenvalue weighted by Crippen LogP contribution is -2.07. The maximum absolute atomic E-state index is 6.15. The topological polar surface area (TPSA) is 0 Å². The molecule has 0 aromatic heterocycles. The van der Waals surface area contributed by atoms with Crippen molar-refractivity contribution in [1.82, 2.24) is 0 Å². The molecule has 64 valence electrons. The van der Waals surface area contributed by atoms with Crippen LogP contribution in [0.4, 0.5) is 0 Å². The van der Waals surface area contributed by atoms with Crippen molar-refractivity contribution in [1.29, 1.82) is 0 Å². The third kappa shape index (κ3) is 2.86. The Labute approximate surface area is 74.6 Å². The highest BCUT2D eigenvalue weighted by atomic mass is 35.5. The van der Waals surface area contributed by atoms with Gasteiger partial charge in [0.15, 0.2) is 0 Å². The van der Waals surface area contributed by atoms with E-state index in [1.54, 1.807) is 5.57 Å². The lowest BCUT2D eigenvalue weighted by atomic mass is 10.0. The van der Waals surface area contributed by atoms with Crippen molar-refractivity contribution in [3.8, 4) is 0 Å². The van der Waals surface area contributed by atoms with Crippen LogP contribution in [-0.2, 0) is 0 Å². The van der Waals surface area contributed by atoms with E-state index in [-0.39, 0.29) is 0 Å². The first kappa shape index (κ1) is 9.12. The summed E-state index contributed by atoms with van der Waals surface area (Å²) in [6.45, 7) is 4.38. The van der Waals surface area contributed by atoms with E-state index in [1.807, 2.05) is 0 Å². The Bertz CT molecular complexity index is 147. The first-order chi connectivity index (χ1) is 5.20. The Balaban J connectivity index is 2.29. The number of hydrogen-bond acceptors (Lipinski definition) is 0. The van der Waals surface area contributed by atoms with Crippen LogP contribution in [0.5, 0.6) is 0 Å². The van der Waals surface area contributed by atoms with E-state index >= 15 is 0 Å². The van der Waals surface area contributed by atoms with Gasteiger partial charge in [0.2, 0.25) is 0 Å². The molecular weight excluding hydrogens is 156 g/mol. The molecule has 1 heteroatoms. The fourth-order valence-corrected chi connectivity index (χ4v) is 1.61. The molecule has 0 bridgehead atoms. The summed E-state index contributed by atoms with van der Waals surface area (Å²) >= 11 is 6.15. The molecular formula is C10H17Cl. The Hall–Kier alpha value is 0.0300. The van der Waals surface area contributed by atoms with Crippen LogP contribution in [0.2, 0.25) is 0 Å². The van der Waals surface area contributed by atoms with E-state index in [1.165, 1.54) is 19.3 Å². The van der Waals surface area contributed by atoms with Crippen LogP contribution in [0.25, 0.3) is 0 Å². The van der Waals surface area contributed by atoms with Gasteiger partial charge < -0.3 is 0 Å². The molecule has 1 aliphatic rings. The molecule has 0 radical (unpaired) electrons. The summed E-state index contributed by atoms with van der Waals surface area (Å²) in [7, 11) is 0. The fourth-order valence-electron chi connectivity index (χ4n) is 1.41. The van der Waals surface area contributed by atoms with Crippen LogP contribution in [0.1, 0.15) is 39.5 Å². The molecule has 0 spiro atoms. The second kappa shape index (κ2) is 4.15. The van der Waals surface area contributed by atoms with Crippen molar-refractivity contribution in [2.24, 2.45) is 5.92 Å². The zero-order valence-corrected chi connectivity index (χ0v) is 8.19. The highest BCUT2D eigenvalue weighted by Crippen LogP contribution is 2.26. The van der Waals surface area contributed by atoms with Gasteiger partial charge >= 0.3 is 0 Å². The Morgan fingerprint density at radius 2 is 2.27 bits per heavy atom. The molecule has 0 fully saturated rings. The van der Waals surface area contributed by atoms with Crippen molar-refractivity contribution in [2.75, 3.05) is 0 Å². The smallest absolute Gasteiger partial charge is 0.0396 e. The van der Waals surface area contributed by atoms with Gasteiger partial charge in [0.05, 0.1) is 0 Å². The normalized spacial score (nSPS) is 20.5. The number of hydrogen-bond donors (Lipinski definition) is 0. The molecule has 1 atom stereocenters. The lowest BCUT2D eigenvalue weighted by molar-refractivity contribution is 0.589. The summed E-state index contributed by atoms with van der Waals surface area (Å²) < 4.78 is 0. The minimum Gasteiger partial charge on any atom is -0.122 e. The molecule has 0 aliphatic heterocycles. The van der Waals surface area contributed by atoms with E-state index in [0.29, 0.717) is 11.3 Å². The predicted octanol–water partition coefficient (Wildman–Crippen LogP) is 3.75. The third-order valence-electron chi connectivity index (χ3n) is 2.32. The number of rotatable bonds is 3. The Morgan fingerprint density at radius 1 is 1.55 bits per heavy atom. The van der Waals surface area contributed by atoms with Gasteiger partial charge in [-0.3, -0.25) is 0 Å². The van der Waals surface area contributed by atoms with Crippen LogP contribution in [0, 0.1) is 5.92 Å². The van der Waals surface area contributed by atoms with E-state index < -0.39 is 0 Å². The highest BCUT2D eigenvalue weighted by Gasteiger charge is 2.13. The first-order valence-corrected chi connectivity index (χ1v) is 4.95. The van der Waals surface area contributed by atoms with Crippen LogP contribution in [-0.4, -0.2) is 5.38 Å². The number of allylic oxidation sites excluding steroid dienone is 2. The Morgan fingerprint density at radius 3 is 2.73 bits per heavy atom. The van der Waals surface area contributed by atoms with Gasteiger partial charge in [-0.2, -0.15) is 0 Å². The van der Waals surface area contributed by atoms with Gasteiger partial charge in [-0.15, -0.1) is 11.6 Å². The molecule has 11 heavy (non-hydrogen) atoms. The van der Waals surface area contributed by atoms with Gasteiger partial charge in [0, 0.05) is 5.38 Å². The van der Waals surface area contributed by atoms with E-state index in [2.05, 4.69) is 19.9 Å². The first-order valence-electron chi connectivity index (χ1n) is 4.52. The van der Waals surface area contributed by atoms with Crippen LogP contribution in [0.3, 0.4) is 0 Å². The van der Waals surface area contributed by atoms with Crippen molar-refractivity contribution in [3.05, 3.63) is 11.6 Å². The van der Waals surface area contributed by atoms with E-state index in [9.17, 15) is 0 Å². The van der Waals surface area contributed by atoms with Crippen molar-refractivity contribution in [2.45, 2.75) is 44.9 Å². The molecule has 0 aromatic rings. The molecule has 0 heterocycles. The predicted molar refractivity (Wildman–Crippen MR) is 51.0 cm³/mol. The van der Waals surface area contributed by atoms with Gasteiger partial charge in [-0.25, -0.2) is 0 Å². The fraction of sp³-hybridized carbons (Fsp3) is 0.800. The second-order valence-electron chi connectivity index (χ2n) is 3.72. The van der Waals surface area contributed by atoms with Gasteiger partial charge in [0.25, 0.3) is 0 Å². The Kier molecular flexibility index (Phi) is 3.45. The summed E-state index contributed by atoms with van der Waals surface area (Å²) in [5.41, 5.74) is 1.58. The summed E-state index contributed by atoms with van der Waals surface area (Å²) in [6.07, 6.45) is 7.38. The molecule has 1 aliphatic carbocycles. The van der Waals surface area contributed by atoms with Crippen molar-refractivity contribution in [3.63, 3.8) is 0 Å². The molecule has 0 amide bonds. The molecule has 1 unspecified atom stereocenters. The van der Waals surface area contributed by atoms with Gasteiger partial charge in [0.1, 0.15) is 0 Å². The monoisotopic (exact) mass is 172 g/mol. The molecule has 1 rings (SSSR count). The number of alkyl halides is 1. The standard InChI is InChI=1S/C10H17Cl/c1-8(2)10(11)7-9-5-3-4-6-9/h5,8,10H,3-4,6-7H2,1-2H3. The number of halogens is 1. The molecule has 0 N–H and O–H groups in total. The molecule has 0 nitrogen and oxygen atoms in total. The maximum atomic E-state index is 6.15. The van der Waals surface area contributed by atoms with Gasteiger partial charge in [-0.1, -0.05) is 25.5 Å².